The molecule has 1 heterocycles. The van der Waals surface area contributed by atoms with Crippen molar-refractivity contribution < 1.29 is 24.2 Å². The van der Waals surface area contributed by atoms with Crippen molar-refractivity contribution >= 4 is 46.3 Å². The van der Waals surface area contributed by atoms with Crippen molar-refractivity contribution in [1.29, 1.82) is 0 Å². The van der Waals surface area contributed by atoms with E-state index in [1.807, 2.05) is 66.7 Å². The first-order valence-electron chi connectivity index (χ1n) is 10.9. The summed E-state index contributed by atoms with van der Waals surface area (Å²) in [6, 6.07) is 25.2. The largest absolute Gasteiger partial charge is 0.493 e. The predicted molar refractivity (Wildman–Crippen MR) is 140 cm³/mol. The third-order valence-electron chi connectivity index (χ3n) is 5.18. The molecule has 1 saturated heterocycles. The lowest BCUT2D eigenvalue weighted by atomic mass is 10.1. The van der Waals surface area contributed by atoms with Gasteiger partial charge in [-0.1, -0.05) is 78.6 Å². The topological polar surface area (TPSA) is 76.1 Å². The highest BCUT2D eigenvalue weighted by Gasteiger charge is 2.33. The molecule has 35 heavy (non-hydrogen) atoms. The molecule has 8 heteroatoms. The molecule has 1 aliphatic rings. The van der Waals surface area contributed by atoms with Crippen LogP contribution in [-0.4, -0.2) is 39.4 Å². The summed E-state index contributed by atoms with van der Waals surface area (Å²) in [6.07, 6.45) is 2.48. The summed E-state index contributed by atoms with van der Waals surface area (Å²) in [5.74, 6) is -0.0808. The molecule has 0 atom stereocenters. The highest BCUT2D eigenvalue weighted by Crippen LogP contribution is 2.33. The fourth-order valence-electron chi connectivity index (χ4n) is 3.47. The zero-order chi connectivity index (χ0) is 24.6. The second-order valence-corrected chi connectivity index (χ2v) is 9.39. The molecular weight excluding hydrogens is 482 g/mol. The monoisotopic (exact) mass is 505 g/mol. The van der Waals surface area contributed by atoms with Crippen LogP contribution in [0.2, 0.25) is 0 Å². The third kappa shape index (κ3) is 6.71. The molecule has 178 valence electrons. The predicted octanol–water partition coefficient (Wildman–Crippen LogP) is 5.17. The van der Waals surface area contributed by atoms with Gasteiger partial charge in [0.15, 0.2) is 0 Å². The maximum absolute atomic E-state index is 12.6. The van der Waals surface area contributed by atoms with Crippen LogP contribution in [-0.2, 0) is 22.6 Å². The zero-order valence-corrected chi connectivity index (χ0v) is 20.4. The molecule has 1 amide bonds. The quantitative estimate of drug-likeness (QED) is 0.301. The van der Waals surface area contributed by atoms with Crippen LogP contribution in [0.25, 0.3) is 6.08 Å². The minimum atomic E-state index is -1.11. The number of carbonyl (C=O) groups is 2. The molecule has 1 aliphatic heterocycles. The second-order valence-electron chi connectivity index (χ2n) is 7.71. The number of rotatable bonds is 10. The summed E-state index contributed by atoms with van der Waals surface area (Å²) >= 11 is 6.28. The van der Waals surface area contributed by atoms with Gasteiger partial charge in [-0.25, -0.2) is 0 Å². The number of benzene rings is 3. The number of carboxylic acids is 1. The number of carboxylic acid groups (broad SMARTS) is 1. The standard InChI is InChI=1S/C27H23NO5S2/c29-25(30)17-28-26(31)24(35-27(28)34)16-20-11-12-23(32-14-13-19-7-3-1-4-8-19)21(15-20)18-33-22-9-5-2-6-10-22/h1-12,15-16H,13-14,17-18H2,(H,29,30). The van der Waals surface area contributed by atoms with Crippen molar-refractivity contribution in [2.75, 3.05) is 13.2 Å². The van der Waals surface area contributed by atoms with E-state index in [-0.39, 0.29) is 10.9 Å². The van der Waals surface area contributed by atoms with Gasteiger partial charge in [-0.15, -0.1) is 0 Å². The van der Waals surface area contributed by atoms with E-state index in [0.717, 1.165) is 40.0 Å². The number of thiocarbonyl (C=S) groups is 1. The van der Waals surface area contributed by atoms with Crippen molar-refractivity contribution in [1.82, 2.24) is 4.90 Å². The number of amides is 1. The lowest BCUT2D eigenvalue weighted by molar-refractivity contribution is -0.140. The molecule has 0 unspecified atom stereocenters. The van der Waals surface area contributed by atoms with E-state index in [9.17, 15) is 9.59 Å². The summed E-state index contributed by atoms with van der Waals surface area (Å²) < 4.78 is 12.3. The lowest BCUT2D eigenvalue weighted by Crippen LogP contribution is -2.33. The summed E-state index contributed by atoms with van der Waals surface area (Å²) in [5, 5.41) is 9.04. The number of thioether (sulfide) groups is 1. The molecule has 0 saturated carbocycles. The second kappa shape index (κ2) is 11.7. The van der Waals surface area contributed by atoms with Crippen LogP contribution in [0.4, 0.5) is 0 Å². The van der Waals surface area contributed by atoms with Gasteiger partial charge in [-0.05, 0) is 41.5 Å². The van der Waals surface area contributed by atoms with E-state index in [0.29, 0.717) is 17.3 Å². The van der Waals surface area contributed by atoms with Gasteiger partial charge in [0.05, 0.1) is 11.5 Å². The van der Waals surface area contributed by atoms with Crippen LogP contribution in [0.3, 0.4) is 0 Å². The minimum absolute atomic E-state index is 0.233. The fourth-order valence-corrected chi connectivity index (χ4v) is 4.72. The SMILES string of the molecule is O=C(O)CN1C(=O)C(=Cc2ccc(OCCc3ccccc3)c(COc3ccccc3)c2)SC1=S. The van der Waals surface area contributed by atoms with E-state index in [2.05, 4.69) is 12.1 Å². The van der Waals surface area contributed by atoms with Crippen molar-refractivity contribution in [3.05, 3.63) is 100 Å². The van der Waals surface area contributed by atoms with Crippen LogP contribution >= 0.6 is 24.0 Å². The first-order valence-corrected chi connectivity index (χ1v) is 12.2. The van der Waals surface area contributed by atoms with Gasteiger partial charge in [-0.3, -0.25) is 14.5 Å². The Morgan fingerprint density at radius 3 is 2.43 bits per heavy atom. The normalized spacial score (nSPS) is 14.4. The van der Waals surface area contributed by atoms with Crippen LogP contribution in [0.5, 0.6) is 11.5 Å². The highest BCUT2D eigenvalue weighted by atomic mass is 32.2. The zero-order valence-electron chi connectivity index (χ0n) is 18.8. The van der Waals surface area contributed by atoms with E-state index in [1.165, 1.54) is 5.56 Å². The maximum Gasteiger partial charge on any atom is 0.323 e. The molecule has 3 aromatic rings. The average Bonchev–Trinajstić information content (AvgIpc) is 3.12. The van der Waals surface area contributed by atoms with Crippen molar-refractivity contribution in [3.63, 3.8) is 0 Å². The summed E-state index contributed by atoms with van der Waals surface area (Å²) in [5.41, 5.74) is 2.79. The average molecular weight is 506 g/mol. The van der Waals surface area contributed by atoms with E-state index < -0.39 is 18.4 Å². The summed E-state index contributed by atoms with van der Waals surface area (Å²) in [7, 11) is 0. The Labute approximate surface area is 213 Å². The van der Waals surface area contributed by atoms with Gasteiger partial charge in [0.2, 0.25) is 0 Å². The van der Waals surface area contributed by atoms with E-state index >= 15 is 0 Å². The van der Waals surface area contributed by atoms with Crippen LogP contribution in [0, 0.1) is 0 Å². The Morgan fingerprint density at radius 2 is 1.71 bits per heavy atom. The van der Waals surface area contributed by atoms with Gasteiger partial charge in [-0.2, -0.15) is 0 Å². The molecule has 3 aromatic carbocycles. The molecule has 0 bridgehead atoms. The van der Waals surface area contributed by atoms with Crippen molar-refractivity contribution in [3.8, 4) is 11.5 Å². The number of aliphatic carboxylic acids is 1. The maximum atomic E-state index is 12.6. The number of hydrogen-bond donors (Lipinski definition) is 1. The fraction of sp³-hybridized carbons (Fsp3) is 0.148. The number of hydrogen-bond acceptors (Lipinski definition) is 6. The minimum Gasteiger partial charge on any atom is -0.493 e. The van der Waals surface area contributed by atoms with Gasteiger partial charge in [0.1, 0.15) is 29.0 Å². The third-order valence-corrected chi connectivity index (χ3v) is 6.56. The molecule has 0 spiro atoms. The highest BCUT2D eigenvalue weighted by molar-refractivity contribution is 8.26. The smallest absolute Gasteiger partial charge is 0.323 e. The molecule has 1 N–H and O–H groups in total. The number of ether oxygens (including phenoxy) is 2. The Balaban J connectivity index is 1.53. The first kappa shape index (κ1) is 24.5. The van der Waals surface area contributed by atoms with E-state index in [1.54, 1.807) is 6.08 Å². The van der Waals surface area contributed by atoms with Gasteiger partial charge in [0.25, 0.3) is 5.91 Å². The Morgan fingerprint density at radius 1 is 1.00 bits per heavy atom. The number of para-hydroxylation sites is 1. The summed E-state index contributed by atoms with van der Waals surface area (Å²) in [6.45, 7) is 0.342. The Kier molecular flexibility index (Phi) is 8.18. The van der Waals surface area contributed by atoms with Crippen molar-refractivity contribution in [2.24, 2.45) is 0 Å². The Bertz CT molecular complexity index is 1240. The molecule has 0 aliphatic carbocycles. The van der Waals surface area contributed by atoms with Crippen molar-refractivity contribution in [2.45, 2.75) is 13.0 Å². The van der Waals surface area contributed by atoms with Gasteiger partial charge in [0, 0.05) is 12.0 Å². The van der Waals surface area contributed by atoms with Gasteiger partial charge >= 0.3 is 5.97 Å². The first-order chi connectivity index (χ1) is 17.0. The molecule has 4 rings (SSSR count). The number of carbonyl (C=O) groups excluding carboxylic acids is 1. The molecule has 0 radical (unpaired) electrons. The lowest BCUT2D eigenvalue weighted by Gasteiger charge is -2.14. The number of nitrogens with zero attached hydrogens (tertiary/aromatic N) is 1. The molecular formula is C27H23NO5S2. The van der Waals surface area contributed by atoms with Gasteiger partial charge < -0.3 is 14.6 Å². The Hall–Kier alpha value is -3.62. The van der Waals surface area contributed by atoms with Crippen LogP contribution in [0.1, 0.15) is 16.7 Å². The van der Waals surface area contributed by atoms with Crippen LogP contribution in [0.15, 0.2) is 83.8 Å². The van der Waals surface area contributed by atoms with Crippen LogP contribution < -0.4 is 9.47 Å². The molecule has 6 nitrogen and oxygen atoms in total. The molecule has 0 aromatic heterocycles. The molecule has 1 fully saturated rings. The summed E-state index contributed by atoms with van der Waals surface area (Å²) in [4.78, 5) is 25.2. The van der Waals surface area contributed by atoms with E-state index in [4.69, 9.17) is 26.8 Å².